The third kappa shape index (κ3) is 4.66. The zero-order valence-corrected chi connectivity index (χ0v) is 33.7. The fourth-order valence-corrected chi connectivity index (χ4v) is 21.3. The van der Waals surface area contributed by atoms with Gasteiger partial charge >= 0.3 is 326 Å². The molecular weight excluding hydrogens is 771 g/mol. The van der Waals surface area contributed by atoms with E-state index >= 15 is 0 Å². The van der Waals surface area contributed by atoms with E-state index in [9.17, 15) is 0 Å². The van der Waals surface area contributed by atoms with Crippen molar-refractivity contribution in [2.24, 2.45) is 0 Å². The normalized spacial score (nSPS) is 13.1. The van der Waals surface area contributed by atoms with Crippen molar-refractivity contribution in [2.75, 3.05) is 0 Å². The van der Waals surface area contributed by atoms with Crippen LogP contribution in [0.4, 0.5) is 0 Å². The molecule has 0 saturated heterocycles. The van der Waals surface area contributed by atoms with Gasteiger partial charge in [-0.3, -0.25) is 0 Å². The molecule has 57 heavy (non-hydrogen) atoms. The molecule has 11 aromatic rings. The number of rotatable bonds is 5. The summed E-state index contributed by atoms with van der Waals surface area (Å²) >= 11 is -1.83. The van der Waals surface area contributed by atoms with Gasteiger partial charge in [-0.25, -0.2) is 0 Å². The van der Waals surface area contributed by atoms with Crippen LogP contribution in [0.2, 0.25) is 0 Å². The van der Waals surface area contributed by atoms with Crippen LogP contribution in [-0.4, -0.2) is 27.8 Å². The predicted molar refractivity (Wildman–Crippen MR) is 243 cm³/mol. The molecule has 3 aromatic heterocycles. The van der Waals surface area contributed by atoms with Gasteiger partial charge in [-0.1, -0.05) is 12.1 Å². The van der Waals surface area contributed by atoms with Crippen LogP contribution in [0.1, 0.15) is 0 Å². The first-order valence-electron chi connectivity index (χ1n) is 19.4. The van der Waals surface area contributed by atoms with Crippen molar-refractivity contribution in [3.8, 4) is 39.5 Å². The van der Waals surface area contributed by atoms with Crippen LogP contribution < -0.4 is 17.7 Å². The van der Waals surface area contributed by atoms with E-state index in [-0.39, 0.29) is 0 Å². The summed E-state index contributed by atoms with van der Waals surface area (Å²) in [4.78, 5) is 11.6. The van der Waals surface area contributed by atoms with Crippen LogP contribution in [0.3, 0.4) is 0 Å². The number of hydrogen-bond donors (Lipinski definition) is 0. The zero-order chi connectivity index (χ0) is 37.5. The zero-order valence-electron chi connectivity index (χ0n) is 30.8. The Bertz CT molecular complexity index is 3310. The van der Waals surface area contributed by atoms with E-state index in [4.69, 9.17) is 9.97 Å². The summed E-state index contributed by atoms with van der Waals surface area (Å²) in [6.45, 7) is 0. The Labute approximate surface area is 336 Å². The summed E-state index contributed by atoms with van der Waals surface area (Å²) in [5.41, 5.74) is 8.89. The third-order valence-electron chi connectivity index (χ3n) is 11.9. The van der Waals surface area contributed by atoms with Gasteiger partial charge in [0, 0.05) is 0 Å². The monoisotopic (exact) mass is 805 g/mol. The van der Waals surface area contributed by atoms with Crippen molar-refractivity contribution in [1.29, 1.82) is 0 Å². The summed E-state index contributed by atoms with van der Waals surface area (Å²) in [5.74, 6) is 0.742. The van der Waals surface area contributed by atoms with Crippen LogP contribution >= 0.6 is 11.3 Å². The molecule has 1 aliphatic rings. The molecule has 266 valence electrons. The molecule has 8 aromatic carbocycles. The van der Waals surface area contributed by atoms with E-state index in [1.807, 2.05) is 11.3 Å². The fourth-order valence-electron chi connectivity index (χ4n) is 9.55. The number of benzene rings is 8. The summed E-state index contributed by atoms with van der Waals surface area (Å²) in [6, 6.07) is 73.1. The van der Waals surface area contributed by atoms with Crippen molar-refractivity contribution >= 4 is 84.3 Å². The second-order valence-corrected chi connectivity index (χ2v) is 23.6. The van der Waals surface area contributed by atoms with Gasteiger partial charge in [0.25, 0.3) is 0 Å². The molecular formula is C52H33GeN3S. The summed E-state index contributed by atoms with van der Waals surface area (Å²) in [7, 11) is 0. The molecule has 0 spiro atoms. The molecule has 0 radical (unpaired) electrons. The van der Waals surface area contributed by atoms with Gasteiger partial charge in [-0.2, -0.15) is 0 Å². The van der Waals surface area contributed by atoms with Gasteiger partial charge in [-0.05, 0) is 0 Å². The van der Waals surface area contributed by atoms with Crippen LogP contribution in [0.5, 0.6) is 0 Å². The molecule has 3 nitrogen and oxygen atoms in total. The number of fused-ring (bicyclic) bond motifs is 10. The van der Waals surface area contributed by atoms with Gasteiger partial charge in [0.1, 0.15) is 0 Å². The molecule has 0 saturated carbocycles. The Kier molecular flexibility index (Phi) is 7.28. The molecule has 0 unspecified atom stereocenters. The standard InChI is InChI=1S/C52H33GeN3S/c1-4-18-34(19-5-1)49-48-39-25-10-14-28-42(39)53(35-20-6-2-7-21-35,36-22-8-3-9-23-36)51(48)55-52(54-49)41-27-12-16-30-44(41)56-43-29-15-11-26-40(43)47-45(56)33-32-38-37-24-13-17-31-46(37)57-50(38)47/h1-33H. The van der Waals surface area contributed by atoms with Crippen molar-refractivity contribution in [3.63, 3.8) is 0 Å². The topological polar surface area (TPSA) is 30.7 Å². The Hall–Kier alpha value is -6.60. The molecule has 4 heterocycles. The van der Waals surface area contributed by atoms with E-state index in [0.717, 1.165) is 33.9 Å². The molecule has 0 atom stereocenters. The first-order chi connectivity index (χ1) is 28.3. The van der Waals surface area contributed by atoms with Crippen LogP contribution in [0.25, 0.3) is 81.4 Å². The minimum absolute atomic E-state index is 0.742. The molecule has 0 amide bonds. The van der Waals surface area contributed by atoms with Crippen LogP contribution in [0, 0.1) is 0 Å². The van der Waals surface area contributed by atoms with Gasteiger partial charge in [-0.15, -0.1) is 0 Å². The first-order valence-corrected chi connectivity index (χ1v) is 24.4. The molecule has 12 rings (SSSR count). The number of aromatic nitrogens is 3. The van der Waals surface area contributed by atoms with Gasteiger partial charge in [0.15, 0.2) is 0 Å². The molecule has 5 heteroatoms. The maximum absolute atomic E-state index is 5.90. The SMILES string of the molecule is c1ccc(-c2nc(-c3ccccc3-n3c4ccccc4c4c5sc6ccccc6c5ccc43)n[c]3c2-c2cccc[c]2[Ge]3([c]2ccccc2)[c]2ccccc2)cc1. The molecule has 0 aliphatic carbocycles. The maximum atomic E-state index is 5.90. The van der Waals surface area contributed by atoms with Gasteiger partial charge in [0.05, 0.1) is 0 Å². The quantitative estimate of drug-likeness (QED) is 0.162. The van der Waals surface area contributed by atoms with Gasteiger partial charge in [0.2, 0.25) is 0 Å². The summed E-state index contributed by atoms with van der Waals surface area (Å²) in [5, 5.41) is 5.15. The summed E-state index contributed by atoms with van der Waals surface area (Å²) < 4.78 is 10.4. The molecule has 0 N–H and O–H groups in total. The second-order valence-electron chi connectivity index (χ2n) is 14.8. The third-order valence-corrected chi connectivity index (χ3v) is 23.0. The first kappa shape index (κ1) is 32.6. The Morgan fingerprint density at radius 2 is 1.07 bits per heavy atom. The van der Waals surface area contributed by atoms with Gasteiger partial charge < -0.3 is 0 Å². The van der Waals surface area contributed by atoms with E-state index in [1.165, 1.54) is 65.3 Å². The average Bonchev–Trinajstić information content (AvgIpc) is 3.93. The Balaban J connectivity index is 1.20. The van der Waals surface area contributed by atoms with Crippen molar-refractivity contribution < 1.29 is 0 Å². The van der Waals surface area contributed by atoms with E-state index in [2.05, 4.69) is 205 Å². The molecule has 0 fully saturated rings. The number of hydrogen-bond acceptors (Lipinski definition) is 3. The van der Waals surface area contributed by atoms with Crippen molar-refractivity contribution in [3.05, 3.63) is 200 Å². The average molecular weight is 805 g/mol. The fraction of sp³-hybridized carbons (Fsp3) is 0. The van der Waals surface area contributed by atoms with Crippen molar-refractivity contribution in [2.45, 2.75) is 0 Å². The Morgan fingerprint density at radius 1 is 0.456 bits per heavy atom. The molecule has 1 aliphatic heterocycles. The minimum atomic E-state index is -3.72. The second kappa shape index (κ2) is 12.7. The summed E-state index contributed by atoms with van der Waals surface area (Å²) in [6.07, 6.45) is 0. The number of para-hydroxylation sites is 2. The number of nitrogens with zero attached hydrogens (tertiary/aromatic N) is 3. The van der Waals surface area contributed by atoms with Crippen LogP contribution in [0.15, 0.2) is 200 Å². The Morgan fingerprint density at radius 3 is 1.84 bits per heavy atom. The van der Waals surface area contributed by atoms with E-state index in [0.29, 0.717) is 0 Å². The predicted octanol–water partition coefficient (Wildman–Crippen LogP) is 10.6. The van der Waals surface area contributed by atoms with E-state index in [1.54, 1.807) is 0 Å². The van der Waals surface area contributed by atoms with E-state index < -0.39 is 13.3 Å². The van der Waals surface area contributed by atoms with Crippen molar-refractivity contribution in [1.82, 2.24) is 14.5 Å². The van der Waals surface area contributed by atoms with Crippen LogP contribution in [-0.2, 0) is 0 Å². The number of thiophene rings is 1. The molecule has 0 bridgehead atoms.